The number of hydrogen-bond donors (Lipinski definition) is 1. The number of alkyl halides is 2. The van der Waals surface area contributed by atoms with E-state index in [0.29, 0.717) is 5.69 Å². The summed E-state index contributed by atoms with van der Waals surface area (Å²) in [6, 6.07) is 12.7. The van der Waals surface area contributed by atoms with Gasteiger partial charge in [0, 0.05) is 24.5 Å². The fraction of sp³-hybridized carbons (Fsp3) is 0.364. The molecule has 0 unspecified atom stereocenters. The van der Waals surface area contributed by atoms with Crippen LogP contribution in [-0.2, 0) is 9.59 Å². The summed E-state index contributed by atoms with van der Waals surface area (Å²) in [5.41, 5.74) is 2.25. The van der Waals surface area contributed by atoms with Crippen LogP contribution in [0, 0.1) is 0 Å². The minimum Gasteiger partial charge on any atom is -0.435 e. The van der Waals surface area contributed by atoms with Gasteiger partial charge in [-0.05, 0) is 67.8 Å². The van der Waals surface area contributed by atoms with Crippen molar-refractivity contribution in [1.82, 2.24) is 0 Å². The van der Waals surface area contributed by atoms with Gasteiger partial charge in [-0.2, -0.15) is 8.78 Å². The van der Waals surface area contributed by atoms with Gasteiger partial charge in [0.05, 0.1) is 12.1 Å². The Morgan fingerprint density at radius 2 is 1.53 bits per heavy atom. The number of nitrogens with zero attached hydrogens (tertiary/aromatic N) is 2. The Hall–Kier alpha value is -3.16. The topological polar surface area (TPSA) is 61.9 Å². The van der Waals surface area contributed by atoms with Crippen LogP contribution in [0.1, 0.15) is 25.7 Å². The standard InChI is InChI=1S/C22H23F2N3O3/c23-22(24)30-18-10-8-17(9-11-18)27-20(28)14-19(21(27)29)25-15-4-6-16(7-5-15)26-12-2-1-3-13-26/h4-11,19,22,25H,1-3,12-14H2/t19-/m1/s1. The first-order valence-electron chi connectivity index (χ1n) is 10.0. The zero-order valence-corrected chi connectivity index (χ0v) is 16.4. The highest BCUT2D eigenvalue weighted by Crippen LogP contribution is 2.28. The second kappa shape index (κ2) is 8.69. The summed E-state index contributed by atoms with van der Waals surface area (Å²) >= 11 is 0. The molecule has 0 bridgehead atoms. The maximum atomic E-state index is 12.8. The molecule has 4 rings (SSSR count). The molecule has 6 nitrogen and oxygen atoms in total. The van der Waals surface area contributed by atoms with E-state index in [-0.39, 0.29) is 24.0 Å². The Labute approximate surface area is 173 Å². The monoisotopic (exact) mass is 415 g/mol. The number of amides is 2. The van der Waals surface area contributed by atoms with Gasteiger partial charge in [0.15, 0.2) is 0 Å². The number of carbonyl (C=O) groups is 2. The summed E-state index contributed by atoms with van der Waals surface area (Å²) in [6.07, 6.45) is 3.70. The lowest BCUT2D eigenvalue weighted by Gasteiger charge is -2.29. The van der Waals surface area contributed by atoms with Crippen molar-refractivity contribution >= 4 is 28.9 Å². The van der Waals surface area contributed by atoms with E-state index in [4.69, 9.17) is 0 Å². The average molecular weight is 415 g/mol. The lowest BCUT2D eigenvalue weighted by molar-refractivity contribution is -0.121. The molecular formula is C22H23F2N3O3. The fourth-order valence-corrected chi connectivity index (χ4v) is 3.91. The van der Waals surface area contributed by atoms with Crippen LogP contribution in [0.3, 0.4) is 0 Å². The third-order valence-electron chi connectivity index (χ3n) is 5.40. The van der Waals surface area contributed by atoms with E-state index in [0.717, 1.165) is 29.4 Å². The molecule has 0 spiro atoms. The predicted octanol–water partition coefficient (Wildman–Crippen LogP) is 4.02. The second-order valence-electron chi connectivity index (χ2n) is 7.44. The summed E-state index contributed by atoms with van der Waals surface area (Å²) < 4.78 is 28.9. The van der Waals surface area contributed by atoms with Gasteiger partial charge in [0.25, 0.3) is 5.91 Å². The molecule has 2 aromatic rings. The summed E-state index contributed by atoms with van der Waals surface area (Å²) in [5.74, 6) is -0.746. The van der Waals surface area contributed by atoms with Crippen LogP contribution >= 0.6 is 0 Å². The maximum Gasteiger partial charge on any atom is 0.387 e. The molecule has 1 atom stereocenters. The van der Waals surface area contributed by atoms with Crippen LogP contribution in [0.15, 0.2) is 48.5 Å². The van der Waals surface area contributed by atoms with Crippen molar-refractivity contribution in [3.63, 3.8) is 0 Å². The van der Waals surface area contributed by atoms with Crippen molar-refractivity contribution in [3.05, 3.63) is 48.5 Å². The van der Waals surface area contributed by atoms with E-state index >= 15 is 0 Å². The highest BCUT2D eigenvalue weighted by Gasteiger charge is 2.39. The van der Waals surface area contributed by atoms with Crippen LogP contribution in [-0.4, -0.2) is 37.6 Å². The normalized spacial score (nSPS) is 19.5. The molecule has 0 aromatic heterocycles. The van der Waals surface area contributed by atoms with Crippen molar-refractivity contribution in [3.8, 4) is 5.75 Å². The highest BCUT2D eigenvalue weighted by molar-refractivity contribution is 6.23. The molecule has 30 heavy (non-hydrogen) atoms. The van der Waals surface area contributed by atoms with Crippen molar-refractivity contribution in [1.29, 1.82) is 0 Å². The Morgan fingerprint density at radius 1 is 0.900 bits per heavy atom. The molecule has 2 amide bonds. The summed E-state index contributed by atoms with van der Waals surface area (Å²) in [6.45, 7) is -0.822. The number of benzene rings is 2. The molecule has 8 heteroatoms. The van der Waals surface area contributed by atoms with Crippen LogP contribution in [0.4, 0.5) is 25.8 Å². The quantitative estimate of drug-likeness (QED) is 0.722. The minimum absolute atomic E-state index is 0.0298. The molecule has 2 fully saturated rings. The van der Waals surface area contributed by atoms with Crippen molar-refractivity contribution in [2.45, 2.75) is 38.3 Å². The Morgan fingerprint density at radius 3 is 2.17 bits per heavy atom. The Balaban J connectivity index is 1.41. The first kappa shape index (κ1) is 20.1. The van der Waals surface area contributed by atoms with Crippen LogP contribution < -0.4 is 19.9 Å². The van der Waals surface area contributed by atoms with Gasteiger partial charge in [-0.15, -0.1) is 0 Å². The number of carbonyl (C=O) groups excluding carboxylic acids is 2. The molecule has 2 aliphatic rings. The SMILES string of the molecule is O=C1C[C@@H](Nc2ccc(N3CCCCC3)cc2)C(=O)N1c1ccc(OC(F)F)cc1. The Kier molecular flexibility index (Phi) is 5.83. The molecule has 2 aliphatic heterocycles. The molecule has 2 heterocycles. The van der Waals surface area contributed by atoms with E-state index in [9.17, 15) is 18.4 Å². The number of imide groups is 1. The van der Waals surface area contributed by atoms with E-state index in [1.165, 1.54) is 43.5 Å². The van der Waals surface area contributed by atoms with E-state index < -0.39 is 12.7 Å². The van der Waals surface area contributed by atoms with E-state index in [1.54, 1.807) is 0 Å². The van der Waals surface area contributed by atoms with Gasteiger partial charge < -0.3 is 15.0 Å². The van der Waals surface area contributed by atoms with Gasteiger partial charge in [-0.1, -0.05) is 0 Å². The lowest BCUT2D eigenvalue weighted by Crippen LogP contribution is -2.34. The molecule has 0 radical (unpaired) electrons. The second-order valence-corrected chi connectivity index (χ2v) is 7.44. The van der Waals surface area contributed by atoms with Gasteiger partial charge >= 0.3 is 6.61 Å². The number of ether oxygens (including phenoxy) is 1. The zero-order chi connectivity index (χ0) is 21.1. The fourth-order valence-electron chi connectivity index (χ4n) is 3.91. The first-order chi connectivity index (χ1) is 14.5. The lowest BCUT2D eigenvalue weighted by atomic mass is 10.1. The first-order valence-corrected chi connectivity index (χ1v) is 10.0. The van der Waals surface area contributed by atoms with Gasteiger partial charge in [0.1, 0.15) is 11.8 Å². The van der Waals surface area contributed by atoms with Crippen molar-refractivity contribution in [2.75, 3.05) is 28.2 Å². The maximum absolute atomic E-state index is 12.8. The third kappa shape index (κ3) is 4.37. The molecule has 158 valence electrons. The number of anilines is 3. The molecule has 1 N–H and O–H groups in total. The molecule has 0 aliphatic carbocycles. The van der Waals surface area contributed by atoms with Crippen molar-refractivity contribution < 1.29 is 23.1 Å². The summed E-state index contributed by atoms with van der Waals surface area (Å²) in [5, 5.41) is 3.13. The number of rotatable bonds is 6. The van der Waals surface area contributed by atoms with Gasteiger partial charge in [-0.3, -0.25) is 9.59 Å². The summed E-state index contributed by atoms with van der Waals surface area (Å²) in [4.78, 5) is 28.6. The van der Waals surface area contributed by atoms with Crippen molar-refractivity contribution in [2.24, 2.45) is 0 Å². The smallest absolute Gasteiger partial charge is 0.387 e. The van der Waals surface area contributed by atoms with Crippen LogP contribution in [0.25, 0.3) is 0 Å². The third-order valence-corrected chi connectivity index (χ3v) is 5.40. The number of hydrogen-bond acceptors (Lipinski definition) is 5. The van der Waals surface area contributed by atoms with Gasteiger partial charge in [-0.25, -0.2) is 4.90 Å². The van der Waals surface area contributed by atoms with E-state index in [2.05, 4.69) is 15.0 Å². The van der Waals surface area contributed by atoms with Crippen LogP contribution in [0.5, 0.6) is 5.75 Å². The minimum atomic E-state index is -2.93. The predicted molar refractivity (Wildman–Crippen MR) is 110 cm³/mol. The van der Waals surface area contributed by atoms with E-state index in [1.807, 2.05) is 24.3 Å². The Bertz CT molecular complexity index is 897. The molecule has 0 saturated carbocycles. The van der Waals surface area contributed by atoms with Crippen LogP contribution in [0.2, 0.25) is 0 Å². The number of halogens is 2. The summed E-state index contributed by atoms with van der Waals surface area (Å²) in [7, 11) is 0. The number of piperidine rings is 1. The molecule has 2 aromatic carbocycles. The molecular weight excluding hydrogens is 392 g/mol. The van der Waals surface area contributed by atoms with Gasteiger partial charge in [0.2, 0.25) is 5.91 Å². The zero-order valence-electron chi connectivity index (χ0n) is 16.4. The highest BCUT2D eigenvalue weighted by atomic mass is 19.3. The molecule has 2 saturated heterocycles. The number of nitrogens with one attached hydrogen (secondary N) is 1. The largest absolute Gasteiger partial charge is 0.435 e. The average Bonchev–Trinajstić information content (AvgIpc) is 3.02.